The lowest BCUT2D eigenvalue weighted by atomic mass is 10.0. The van der Waals surface area contributed by atoms with Gasteiger partial charge in [-0.25, -0.2) is 4.79 Å². The van der Waals surface area contributed by atoms with Gasteiger partial charge in [0.15, 0.2) is 11.5 Å². The lowest BCUT2D eigenvalue weighted by Gasteiger charge is -2.35. The number of rotatable bonds is 8. The first-order valence-corrected chi connectivity index (χ1v) is 9.93. The van der Waals surface area contributed by atoms with E-state index in [1.165, 1.54) is 0 Å². The molecule has 0 aromatic heterocycles. The molecule has 0 unspecified atom stereocenters. The fourth-order valence-electron chi connectivity index (χ4n) is 3.40. The highest BCUT2D eigenvalue weighted by Crippen LogP contribution is 2.32. The Kier molecular flexibility index (Phi) is 7.72. The Morgan fingerprint density at radius 3 is 2.59 bits per heavy atom. The lowest BCUT2D eigenvalue weighted by Crippen LogP contribution is -2.44. The number of carbonyl (C=O) groups excluding carboxylic acids is 1. The van der Waals surface area contributed by atoms with Crippen molar-refractivity contribution in [2.75, 3.05) is 51.9 Å². The van der Waals surface area contributed by atoms with Gasteiger partial charge in [-0.15, -0.1) is 0 Å². The summed E-state index contributed by atoms with van der Waals surface area (Å²) in [5, 5.41) is 5.86. The van der Waals surface area contributed by atoms with Crippen LogP contribution >= 0.6 is 0 Å². The van der Waals surface area contributed by atoms with Gasteiger partial charge in [0.25, 0.3) is 0 Å². The quantitative estimate of drug-likeness (QED) is 0.713. The van der Waals surface area contributed by atoms with Gasteiger partial charge in [-0.05, 0) is 36.8 Å². The van der Waals surface area contributed by atoms with Crippen molar-refractivity contribution in [3.63, 3.8) is 0 Å². The maximum Gasteiger partial charge on any atom is 0.319 e. The number of para-hydroxylation sites is 1. The van der Waals surface area contributed by atoms with Gasteiger partial charge in [0.1, 0.15) is 0 Å². The fourth-order valence-corrected chi connectivity index (χ4v) is 3.40. The summed E-state index contributed by atoms with van der Waals surface area (Å²) in [6.07, 6.45) is 0. The molecule has 7 nitrogen and oxygen atoms in total. The number of nitrogens with zero attached hydrogens (tertiary/aromatic N) is 1. The molecule has 0 bridgehead atoms. The van der Waals surface area contributed by atoms with E-state index in [1.54, 1.807) is 7.11 Å². The van der Waals surface area contributed by atoms with E-state index in [0.29, 0.717) is 37.9 Å². The molecule has 29 heavy (non-hydrogen) atoms. The molecule has 7 heteroatoms. The van der Waals surface area contributed by atoms with Crippen molar-refractivity contribution >= 4 is 11.7 Å². The molecule has 1 aliphatic rings. The summed E-state index contributed by atoms with van der Waals surface area (Å²) < 4.78 is 16.6. The minimum absolute atomic E-state index is 0.00463. The first kappa shape index (κ1) is 21.0. The molecule has 2 aromatic rings. The van der Waals surface area contributed by atoms with Crippen LogP contribution in [0.5, 0.6) is 11.5 Å². The second-order valence-corrected chi connectivity index (χ2v) is 6.71. The van der Waals surface area contributed by atoms with Crippen molar-refractivity contribution in [1.29, 1.82) is 0 Å². The first-order chi connectivity index (χ1) is 14.2. The average molecular weight is 399 g/mol. The molecule has 1 fully saturated rings. The number of urea groups is 1. The van der Waals surface area contributed by atoms with Gasteiger partial charge in [0.2, 0.25) is 0 Å². The molecule has 1 heterocycles. The zero-order valence-electron chi connectivity index (χ0n) is 17.0. The van der Waals surface area contributed by atoms with Crippen molar-refractivity contribution in [2.24, 2.45) is 0 Å². The molecule has 1 saturated heterocycles. The van der Waals surface area contributed by atoms with Crippen LogP contribution in [0.3, 0.4) is 0 Å². The highest BCUT2D eigenvalue weighted by molar-refractivity contribution is 5.89. The van der Waals surface area contributed by atoms with Crippen molar-refractivity contribution in [3.8, 4) is 11.5 Å². The number of benzene rings is 2. The second kappa shape index (κ2) is 10.7. The average Bonchev–Trinajstić information content (AvgIpc) is 2.76. The van der Waals surface area contributed by atoms with Crippen LogP contribution < -0.4 is 20.1 Å². The van der Waals surface area contributed by atoms with Crippen LogP contribution in [-0.4, -0.2) is 57.5 Å². The van der Waals surface area contributed by atoms with E-state index in [0.717, 1.165) is 24.3 Å². The number of anilines is 1. The molecule has 3 rings (SSSR count). The van der Waals surface area contributed by atoms with Crippen LogP contribution in [-0.2, 0) is 4.74 Å². The Morgan fingerprint density at radius 1 is 1.14 bits per heavy atom. The monoisotopic (exact) mass is 399 g/mol. The van der Waals surface area contributed by atoms with Gasteiger partial charge in [-0.3, -0.25) is 4.90 Å². The van der Waals surface area contributed by atoms with Crippen LogP contribution in [0.4, 0.5) is 10.5 Å². The minimum atomic E-state index is -0.229. The van der Waals surface area contributed by atoms with Crippen LogP contribution in [0.25, 0.3) is 0 Å². The van der Waals surface area contributed by atoms with Crippen LogP contribution in [0.15, 0.2) is 48.5 Å². The molecule has 2 aromatic carbocycles. The Morgan fingerprint density at radius 2 is 1.90 bits per heavy atom. The van der Waals surface area contributed by atoms with Crippen LogP contribution in [0.2, 0.25) is 0 Å². The number of morpholine rings is 1. The van der Waals surface area contributed by atoms with Gasteiger partial charge in [-0.2, -0.15) is 0 Å². The Balaban J connectivity index is 1.73. The van der Waals surface area contributed by atoms with E-state index in [9.17, 15) is 4.79 Å². The largest absolute Gasteiger partial charge is 0.493 e. The van der Waals surface area contributed by atoms with E-state index in [4.69, 9.17) is 14.2 Å². The number of hydrogen-bond donors (Lipinski definition) is 2. The summed E-state index contributed by atoms with van der Waals surface area (Å²) in [6.45, 7) is 5.96. The zero-order valence-corrected chi connectivity index (χ0v) is 17.0. The maximum atomic E-state index is 12.4. The molecule has 1 atom stereocenters. The van der Waals surface area contributed by atoms with Crippen molar-refractivity contribution in [3.05, 3.63) is 54.1 Å². The number of nitrogens with one attached hydrogen (secondary N) is 2. The summed E-state index contributed by atoms with van der Waals surface area (Å²) in [4.78, 5) is 14.7. The second-order valence-electron chi connectivity index (χ2n) is 6.71. The normalized spacial score (nSPS) is 15.4. The Hall–Kier alpha value is -2.77. The predicted octanol–water partition coefficient (Wildman–Crippen LogP) is 3.29. The van der Waals surface area contributed by atoms with E-state index in [2.05, 4.69) is 15.5 Å². The van der Waals surface area contributed by atoms with Crippen molar-refractivity contribution < 1.29 is 19.0 Å². The fraction of sp³-hybridized carbons (Fsp3) is 0.409. The zero-order chi connectivity index (χ0) is 20.5. The molecule has 0 saturated carbocycles. The molecule has 2 N–H and O–H groups in total. The van der Waals surface area contributed by atoms with Gasteiger partial charge in [0.05, 0.1) is 33.0 Å². The molecular weight excluding hydrogens is 370 g/mol. The van der Waals surface area contributed by atoms with Gasteiger partial charge in [0, 0.05) is 25.3 Å². The summed E-state index contributed by atoms with van der Waals surface area (Å²) in [5.74, 6) is 1.41. The minimum Gasteiger partial charge on any atom is -0.493 e. The highest BCUT2D eigenvalue weighted by Gasteiger charge is 2.24. The third-order valence-electron chi connectivity index (χ3n) is 4.85. The smallest absolute Gasteiger partial charge is 0.319 e. The van der Waals surface area contributed by atoms with Crippen molar-refractivity contribution in [2.45, 2.75) is 13.0 Å². The molecular formula is C22H29N3O4. The number of amides is 2. The summed E-state index contributed by atoms with van der Waals surface area (Å²) in [6, 6.07) is 15.1. The van der Waals surface area contributed by atoms with Crippen LogP contribution in [0.1, 0.15) is 18.5 Å². The first-order valence-electron chi connectivity index (χ1n) is 9.93. The number of hydrogen-bond acceptors (Lipinski definition) is 5. The standard InChI is InChI=1S/C22H29N3O4/c1-3-29-20-10-9-17(15-21(20)27-2)19(25-11-13-28-14-12-25)16-23-22(26)24-18-7-5-4-6-8-18/h4-10,15,19H,3,11-14,16H2,1-2H3,(H2,23,24,26)/t19-/m0/s1. The number of methoxy groups -OCH3 is 1. The molecule has 1 aliphatic heterocycles. The molecule has 0 spiro atoms. The maximum absolute atomic E-state index is 12.4. The van der Waals surface area contributed by atoms with Crippen molar-refractivity contribution in [1.82, 2.24) is 10.2 Å². The third kappa shape index (κ3) is 5.85. The summed E-state index contributed by atoms with van der Waals surface area (Å²) in [7, 11) is 1.64. The Bertz CT molecular complexity index is 779. The molecule has 156 valence electrons. The predicted molar refractivity (Wildman–Crippen MR) is 113 cm³/mol. The van der Waals surface area contributed by atoms with E-state index in [-0.39, 0.29) is 12.1 Å². The summed E-state index contributed by atoms with van der Waals surface area (Å²) in [5.41, 5.74) is 1.82. The number of carbonyl (C=O) groups is 1. The van der Waals surface area contributed by atoms with Gasteiger partial charge in [-0.1, -0.05) is 24.3 Å². The van der Waals surface area contributed by atoms with Gasteiger partial charge < -0.3 is 24.8 Å². The van der Waals surface area contributed by atoms with Gasteiger partial charge >= 0.3 is 6.03 Å². The summed E-state index contributed by atoms with van der Waals surface area (Å²) >= 11 is 0. The van der Waals surface area contributed by atoms with E-state index in [1.807, 2.05) is 55.5 Å². The Labute approximate surface area is 171 Å². The molecule has 2 amide bonds. The van der Waals surface area contributed by atoms with E-state index < -0.39 is 0 Å². The third-order valence-corrected chi connectivity index (χ3v) is 4.85. The number of ether oxygens (including phenoxy) is 3. The lowest BCUT2D eigenvalue weighted by molar-refractivity contribution is 0.0167. The van der Waals surface area contributed by atoms with E-state index >= 15 is 0 Å². The topological polar surface area (TPSA) is 72.1 Å². The molecule has 0 aliphatic carbocycles. The highest BCUT2D eigenvalue weighted by atomic mass is 16.5. The SMILES string of the molecule is CCOc1ccc([C@H](CNC(=O)Nc2ccccc2)N2CCOCC2)cc1OC. The van der Waals surface area contributed by atoms with Crippen LogP contribution in [0, 0.1) is 0 Å². The molecule has 0 radical (unpaired) electrons.